The maximum Gasteiger partial charge on any atom is 0.338 e. The number of hydrogen-bond donors (Lipinski definition) is 2. The summed E-state index contributed by atoms with van der Waals surface area (Å²) in [7, 11) is 0. The van der Waals surface area contributed by atoms with Crippen LogP contribution < -0.4 is 10.1 Å². The molecule has 0 amide bonds. The highest BCUT2D eigenvalue weighted by Crippen LogP contribution is 2.38. The van der Waals surface area contributed by atoms with Crippen LogP contribution in [0.2, 0.25) is 0 Å². The number of phenols is 1. The van der Waals surface area contributed by atoms with Crippen LogP contribution in [0, 0.1) is 0 Å². The SMILES string of the molecule is CCOc1cc([C@@H]2C(C(=O)OC(C)C)=C(C)Nc3nnnn32)ccc1O. The van der Waals surface area contributed by atoms with Crippen LogP contribution in [0.15, 0.2) is 29.5 Å². The number of carbonyl (C=O) groups excluding carboxylic acids is 1. The molecule has 0 bridgehead atoms. The van der Waals surface area contributed by atoms with Gasteiger partial charge in [-0.2, -0.15) is 4.68 Å². The summed E-state index contributed by atoms with van der Waals surface area (Å²) in [5.41, 5.74) is 1.69. The monoisotopic (exact) mass is 359 g/mol. The molecule has 3 rings (SSSR count). The number of benzene rings is 1. The smallest absolute Gasteiger partial charge is 0.338 e. The Kier molecular flexibility index (Phi) is 4.79. The minimum Gasteiger partial charge on any atom is -0.504 e. The van der Waals surface area contributed by atoms with Crippen LogP contribution in [0.4, 0.5) is 5.95 Å². The summed E-state index contributed by atoms with van der Waals surface area (Å²) < 4.78 is 12.4. The number of tetrazole rings is 1. The highest BCUT2D eigenvalue weighted by molar-refractivity contribution is 5.92. The molecule has 0 radical (unpaired) electrons. The Labute approximate surface area is 150 Å². The van der Waals surface area contributed by atoms with E-state index in [9.17, 15) is 9.90 Å². The molecule has 2 heterocycles. The van der Waals surface area contributed by atoms with Crippen LogP contribution in [0.1, 0.15) is 39.3 Å². The molecule has 0 saturated heterocycles. The predicted octanol–water partition coefficient (Wildman–Crippen LogP) is 2.02. The van der Waals surface area contributed by atoms with Gasteiger partial charge < -0.3 is 19.9 Å². The Bertz CT molecular complexity index is 859. The van der Waals surface area contributed by atoms with E-state index in [0.717, 1.165) is 0 Å². The van der Waals surface area contributed by atoms with E-state index < -0.39 is 12.0 Å². The molecule has 0 saturated carbocycles. The summed E-state index contributed by atoms with van der Waals surface area (Å²) in [6, 6.07) is 4.30. The summed E-state index contributed by atoms with van der Waals surface area (Å²) in [5, 5.41) is 24.6. The lowest BCUT2D eigenvalue weighted by molar-refractivity contribution is -0.143. The van der Waals surface area contributed by atoms with Gasteiger partial charge in [0.25, 0.3) is 0 Å². The number of ether oxygens (including phenoxy) is 2. The molecule has 26 heavy (non-hydrogen) atoms. The van der Waals surface area contributed by atoms with Crippen molar-refractivity contribution >= 4 is 11.9 Å². The molecule has 138 valence electrons. The Morgan fingerprint density at radius 3 is 2.88 bits per heavy atom. The maximum absolute atomic E-state index is 12.7. The van der Waals surface area contributed by atoms with E-state index in [4.69, 9.17) is 9.47 Å². The van der Waals surface area contributed by atoms with Gasteiger partial charge in [0.2, 0.25) is 5.95 Å². The molecule has 1 atom stereocenters. The molecule has 0 aliphatic carbocycles. The number of rotatable bonds is 5. The third kappa shape index (κ3) is 3.19. The van der Waals surface area contributed by atoms with E-state index in [-0.39, 0.29) is 11.9 Å². The molecule has 9 nitrogen and oxygen atoms in total. The zero-order valence-corrected chi connectivity index (χ0v) is 15.1. The van der Waals surface area contributed by atoms with E-state index in [1.165, 1.54) is 10.7 Å². The second kappa shape index (κ2) is 7.03. The average molecular weight is 359 g/mol. The number of nitrogens with zero attached hydrogens (tertiary/aromatic N) is 4. The second-order valence-electron chi connectivity index (χ2n) is 6.13. The number of hydrogen-bond acceptors (Lipinski definition) is 8. The first-order valence-electron chi connectivity index (χ1n) is 8.34. The van der Waals surface area contributed by atoms with Crippen LogP contribution >= 0.6 is 0 Å². The number of anilines is 1. The fraction of sp³-hybridized carbons (Fsp3) is 0.412. The van der Waals surface area contributed by atoms with Gasteiger partial charge in [0, 0.05) is 5.70 Å². The third-order valence-electron chi connectivity index (χ3n) is 3.88. The molecule has 2 N–H and O–H groups in total. The summed E-state index contributed by atoms with van der Waals surface area (Å²) in [6.45, 7) is 7.57. The summed E-state index contributed by atoms with van der Waals surface area (Å²) >= 11 is 0. The maximum atomic E-state index is 12.7. The van der Waals surface area contributed by atoms with Crippen molar-refractivity contribution in [3.63, 3.8) is 0 Å². The molecule has 0 unspecified atom stereocenters. The van der Waals surface area contributed by atoms with Gasteiger partial charge in [-0.15, -0.1) is 0 Å². The average Bonchev–Trinajstić information content (AvgIpc) is 3.03. The number of phenolic OH excluding ortho intramolecular Hbond substituents is 1. The Balaban J connectivity index is 2.12. The Hall–Kier alpha value is -3.10. The number of allylic oxidation sites excluding steroid dienone is 1. The van der Waals surface area contributed by atoms with Gasteiger partial charge in [-0.3, -0.25) is 0 Å². The van der Waals surface area contributed by atoms with E-state index in [1.807, 2.05) is 6.92 Å². The lowest BCUT2D eigenvalue weighted by Gasteiger charge is -2.28. The van der Waals surface area contributed by atoms with E-state index >= 15 is 0 Å². The number of esters is 1. The Morgan fingerprint density at radius 1 is 1.42 bits per heavy atom. The van der Waals surface area contributed by atoms with Gasteiger partial charge in [0.1, 0.15) is 6.04 Å². The minimum absolute atomic E-state index is 0.0217. The van der Waals surface area contributed by atoms with Gasteiger partial charge in [-0.1, -0.05) is 11.2 Å². The van der Waals surface area contributed by atoms with Crippen LogP contribution in [0.25, 0.3) is 0 Å². The minimum atomic E-state index is -0.604. The summed E-state index contributed by atoms with van der Waals surface area (Å²) in [5.74, 6) is 0.308. The fourth-order valence-corrected chi connectivity index (χ4v) is 2.83. The first-order chi connectivity index (χ1) is 12.4. The molecule has 1 aliphatic rings. The summed E-state index contributed by atoms with van der Waals surface area (Å²) in [6.07, 6.45) is -0.266. The Morgan fingerprint density at radius 2 is 2.19 bits per heavy atom. The number of carbonyl (C=O) groups is 1. The van der Waals surface area contributed by atoms with Crippen molar-refractivity contribution in [1.82, 2.24) is 20.2 Å². The predicted molar refractivity (Wildman–Crippen MR) is 92.8 cm³/mol. The van der Waals surface area contributed by atoms with Gasteiger partial charge in [0.15, 0.2) is 11.5 Å². The first kappa shape index (κ1) is 17.7. The van der Waals surface area contributed by atoms with Crippen molar-refractivity contribution in [2.24, 2.45) is 0 Å². The van der Waals surface area contributed by atoms with Crippen LogP contribution in [-0.2, 0) is 9.53 Å². The second-order valence-corrected chi connectivity index (χ2v) is 6.13. The third-order valence-corrected chi connectivity index (χ3v) is 3.88. The number of nitrogens with one attached hydrogen (secondary N) is 1. The van der Waals surface area contributed by atoms with Crippen molar-refractivity contribution in [2.45, 2.75) is 39.8 Å². The quantitative estimate of drug-likeness (QED) is 0.780. The summed E-state index contributed by atoms with van der Waals surface area (Å²) in [4.78, 5) is 12.7. The van der Waals surface area contributed by atoms with Crippen molar-refractivity contribution in [3.8, 4) is 11.5 Å². The van der Waals surface area contributed by atoms with Crippen molar-refractivity contribution in [3.05, 3.63) is 35.0 Å². The van der Waals surface area contributed by atoms with E-state index in [2.05, 4.69) is 20.8 Å². The number of aromatic hydroxyl groups is 1. The highest BCUT2D eigenvalue weighted by atomic mass is 16.5. The standard InChI is InChI=1S/C17H21N5O4/c1-5-25-13-8-11(6-7-12(13)23)15-14(16(24)26-9(2)3)10(4)18-17-19-20-21-22(15)17/h6-9,15,23H,5H2,1-4H3,(H,18,19,21)/t15-/m1/s1. The van der Waals surface area contributed by atoms with Crippen LogP contribution in [0.3, 0.4) is 0 Å². The number of aromatic nitrogens is 4. The van der Waals surface area contributed by atoms with Gasteiger partial charge >= 0.3 is 5.97 Å². The largest absolute Gasteiger partial charge is 0.504 e. The molecule has 9 heteroatoms. The molecule has 1 aromatic heterocycles. The molecule has 0 spiro atoms. The fourth-order valence-electron chi connectivity index (χ4n) is 2.83. The van der Waals surface area contributed by atoms with Gasteiger partial charge in [0.05, 0.1) is 18.3 Å². The van der Waals surface area contributed by atoms with E-state index in [1.54, 1.807) is 32.9 Å². The molecular weight excluding hydrogens is 338 g/mol. The van der Waals surface area contributed by atoms with Crippen molar-refractivity contribution < 1.29 is 19.4 Å². The lowest BCUT2D eigenvalue weighted by atomic mass is 9.95. The van der Waals surface area contributed by atoms with E-state index in [0.29, 0.717) is 35.1 Å². The lowest BCUT2D eigenvalue weighted by Crippen LogP contribution is -2.30. The molecule has 1 aromatic carbocycles. The van der Waals surface area contributed by atoms with Crippen LogP contribution in [-0.4, -0.2) is 44.0 Å². The normalized spacial score (nSPS) is 16.3. The first-order valence-corrected chi connectivity index (χ1v) is 8.34. The van der Waals surface area contributed by atoms with Crippen molar-refractivity contribution in [1.29, 1.82) is 0 Å². The molecule has 2 aromatic rings. The van der Waals surface area contributed by atoms with Crippen LogP contribution in [0.5, 0.6) is 11.5 Å². The zero-order valence-electron chi connectivity index (χ0n) is 15.1. The van der Waals surface area contributed by atoms with Gasteiger partial charge in [-0.05, 0) is 55.8 Å². The topological polar surface area (TPSA) is 111 Å². The number of fused-ring (bicyclic) bond motifs is 1. The molecule has 1 aliphatic heterocycles. The molecule has 0 fully saturated rings. The van der Waals surface area contributed by atoms with Gasteiger partial charge in [-0.25, -0.2) is 4.79 Å². The molecular formula is C17H21N5O4. The van der Waals surface area contributed by atoms with Crippen molar-refractivity contribution in [2.75, 3.05) is 11.9 Å². The zero-order chi connectivity index (χ0) is 18.8. The highest BCUT2D eigenvalue weighted by Gasteiger charge is 2.35.